The second-order valence-electron chi connectivity index (χ2n) is 9.33. The highest BCUT2D eigenvalue weighted by Gasteiger charge is 2.33. The standard InChI is InChI=1S/C28H19F7N6O4S/c29-20-11-16(24-36-15-40(39-24)18-6-8-19(9-7-18)45-28(33,34)35)5-10-21(20)37-25(43)38-26-41(23(42)13-46-26)22-4-2-1-3-17(22)12-44-14-27(30,31)32/h1-11,15H,12-14H2,(H,37,43)/b38-26-. The minimum atomic E-state index is -4.84. The van der Waals surface area contributed by atoms with E-state index >= 15 is 0 Å². The SMILES string of the molecule is O=C(/N=C1\SCC(=O)N1c1ccccc1COCC(F)(F)F)Nc1ccc(-c2ncn(-c3ccc(OC(F)(F)F)cc3)n2)cc1F. The number of alkyl halides is 6. The summed E-state index contributed by atoms with van der Waals surface area (Å²) in [4.78, 5) is 34.4. The molecule has 3 aromatic carbocycles. The number of amides is 3. The average Bonchev–Trinajstić information content (AvgIpc) is 3.60. The number of thioether (sulfide) groups is 1. The molecule has 0 radical (unpaired) electrons. The molecule has 1 aliphatic heterocycles. The first kappa shape index (κ1) is 32.4. The molecule has 0 spiro atoms. The van der Waals surface area contributed by atoms with Gasteiger partial charge in [0.25, 0.3) is 0 Å². The first-order valence-electron chi connectivity index (χ1n) is 12.9. The summed E-state index contributed by atoms with van der Waals surface area (Å²) in [5.74, 6) is -1.81. The fourth-order valence-corrected chi connectivity index (χ4v) is 4.97. The lowest BCUT2D eigenvalue weighted by Crippen LogP contribution is -2.31. The van der Waals surface area contributed by atoms with Crippen molar-refractivity contribution >= 4 is 40.2 Å². The van der Waals surface area contributed by atoms with Gasteiger partial charge in [0.15, 0.2) is 11.0 Å². The van der Waals surface area contributed by atoms with Crippen molar-refractivity contribution in [1.82, 2.24) is 14.8 Å². The van der Waals surface area contributed by atoms with Crippen LogP contribution in [0.1, 0.15) is 5.56 Å². The number of ether oxygens (including phenoxy) is 2. The Bertz CT molecular complexity index is 1780. The molecule has 0 saturated carbocycles. The molecule has 4 aromatic rings. The van der Waals surface area contributed by atoms with E-state index in [1.807, 2.05) is 0 Å². The summed E-state index contributed by atoms with van der Waals surface area (Å²) in [5, 5.41) is 6.41. The number of rotatable bonds is 8. The van der Waals surface area contributed by atoms with Crippen LogP contribution in [0.15, 0.2) is 78.0 Å². The number of para-hydroxylation sites is 1. The van der Waals surface area contributed by atoms with E-state index in [-0.39, 0.29) is 39.2 Å². The molecule has 18 heteroatoms. The Hall–Kier alpha value is -4.97. The van der Waals surface area contributed by atoms with Crippen LogP contribution in [0.3, 0.4) is 0 Å². The van der Waals surface area contributed by atoms with Gasteiger partial charge in [-0.2, -0.15) is 18.2 Å². The summed E-state index contributed by atoms with van der Waals surface area (Å²) in [6, 6.07) is 13.5. The lowest BCUT2D eigenvalue weighted by Gasteiger charge is -2.20. The number of amidine groups is 1. The summed E-state index contributed by atoms with van der Waals surface area (Å²) < 4.78 is 99.6. The van der Waals surface area contributed by atoms with Crippen LogP contribution in [0.5, 0.6) is 5.75 Å². The molecule has 1 saturated heterocycles. The van der Waals surface area contributed by atoms with Crippen LogP contribution in [0.4, 0.5) is 46.9 Å². The molecule has 5 rings (SSSR count). The van der Waals surface area contributed by atoms with E-state index in [1.165, 1.54) is 47.4 Å². The van der Waals surface area contributed by atoms with E-state index < -0.39 is 49.3 Å². The molecule has 0 unspecified atom stereocenters. The van der Waals surface area contributed by atoms with E-state index in [4.69, 9.17) is 4.74 Å². The largest absolute Gasteiger partial charge is 0.573 e. The van der Waals surface area contributed by atoms with Gasteiger partial charge in [0.05, 0.1) is 29.4 Å². The molecule has 2 heterocycles. The minimum Gasteiger partial charge on any atom is -0.406 e. The maximum Gasteiger partial charge on any atom is 0.573 e. The van der Waals surface area contributed by atoms with Crippen LogP contribution >= 0.6 is 11.8 Å². The number of carbonyl (C=O) groups excluding carboxylic acids is 2. The number of benzene rings is 3. The molecule has 240 valence electrons. The third-order valence-corrected chi connectivity index (χ3v) is 6.94. The minimum absolute atomic E-state index is 0.0713. The number of urea groups is 1. The molecule has 0 atom stereocenters. The fraction of sp³-hybridized carbons (Fsp3) is 0.179. The van der Waals surface area contributed by atoms with Crippen molar-refractivity contribution in [1.29, 1.82) is 0 Å². The van der Waals surface area contributed by atoms with Crippen LogP contribution in [0, 0.1) is 5.82 Å². The highest BCUT2D eigenvalue weighted by molar-refractivity contribution is 8.15. The zero-order chi connectivity index (χ0) is 33.1. The molecule has 46 heavy (non-hydrogen) atoms. The summed E-state index contributed by atoms with van der Waals surface area (Å²) >= 11 is 0.912. The average molecular weight is 669 g/mol. The maximum atomic E-state index is 15.0. The monoisotopic (exact) mass is 668 g/mol. The third-order valence-electron chi connectivity index (χ3n) is 6.01. The van der Waals surface area contributed by atoms with Crippen molar-refractivity contribution in [3.63, 3.8) is 0 Å². The fourth-order valence-electron chi connectivity index (χ4n) is 4.12. The summed E-state index contributed by atoms with van der Waals surface area (Å²) in [6.45, 7) is -1.95. The van der Waals surface area contributed by atoms with E-state index in [0.29, 0.717) is 5.69 Å². The highest BCUT2D eigenvalue weighted by Crippen LogP contribution is 2.31. The Morgan fingerprint density at radius 1 is 1.02 bits per heavy atom. The summed E-state index contributed by atoms with van der Waals surface area (Å²) in [7, 11) is 0. The molecule has 10 nitrogen and oxygen atoms in total. The molecule has 0 bridgehead atoms. The van der Waals surface area contributed by atoms with Crippen molar-refractivity contribution < 1.29 is 49.8 Å². The van der Waals surface area contributed by atoms with Gasteiger partial charge in [-0.05, 0) is 48.5 Å². The normalized spacial score (nSPS) is 14.6. The number of aromatic nitrogens is 3. The molecular formula is C28H19F7N6O4S. The zero-order valence-corrected chi connectivity index (χ0v) is 23.8. The number of aliphatic imine (C=N–C) groups is 1. The molecule has 1 aliphatic rings. The molecule has 1 fully saturated rings. The van der Waals surface area contributed by atoms with Gasteiger partial charge in [0.2, 0.25) is 5.91 Å². The topological polar surface area (TPSA) is 111 Å². The van der Waals surface area contributed by atoms with Gasteiger partial charge in [-0.15, -0.1) is 18.3 Å². The van der Waals surface area contributed by atoms with Gasteiger partial charge < -0.3 is 14.8 Å². The third kappa shape index (κ3) is 8.19. The van der Waals surface area contributed by atoms with E-state index in [2.05, 4.69) is 25.1 Å². The van der Waals surface area contributed by atoms with Gasteiger partial charge in [-0.25, -0.2) is 18.9 Å². The predicted molar refractivity (Wildman–Crippen MR) is 152 cm³/mol. The van der Waals surface area contributed by atoms with Crippen LogP contribution in [0.25, 0.3) is 17.1 Å². The maximum absolute atomic E-state index is 15.0. The van der Waals surface area contributed by atoms with Crippen LogP contribution < -0.4 is 15.0 Å². The van der Waals surface area contributed by atoms with Gasteiger partial charge in [-0.3, -0.25) is 9.69 Å². The second kappa shape index (κ2) is 13.2. The number of nitrogens with zero attached hydrogens (tertiary/aromatic N) is 5. The Balaban J connectivity index is 1.27. The first-order valence-corrected chi connectivity index (χ1v) is 13.9. The summed E-state index contributed by atoms with van der Waals surface area (Å²) in [6.07, 6.45) is -8.12. The molecule has 1 N–H and O–H groups in total. The summed E-state index contributed by atoms with van der Waals surface area (Å²) in [5.41, 5.74) is 0.732. The number of nitrogens with one attached hydrogen (secondary N) is 1. The Morgan fingerprint density at radius 2 is 1.76 bits per heavy atom. The molecular weight excluding hydrogens is 649 g/mol. The molecule has 1 aromatic heterocycles. The van der Waals surface area contributed by atoms with Crippen LogP contribution in [0.2, 0.25) is 0 Å². The number of anilines is 2. The van der Waals surface area contributed by atoms with Crippen molar-refractivity contribution in [2.45, 2.75) is 19.1 Å². The Kier molecular flexibility index (Phi) is 9.29. The van der Waals surface area contributed by atoms with Crippen molar-refractivity contribution in [2.75, 3.05) is 22.6 Å². The molecule has 3 amide bonds. The number of carbonyl (C=O) groups is 2. The van der Waals surface area contributed by atoms with Crippen LogP contribution in [-0.4, -0.2) is 56.8 Å². The zero-order valence-electron chi connectivity index (χ0n) is 23.0. The van der Waals surface area contributed by atoms with Gasteiger partial charge >= 0.3 is 18.6 Å². The van der Waals surface area contributed by atoms with Gasteiger partial charge in [-0.1, -0.05) is 30.0 Å². The van der Waals surface area contributed by atoms with Crippen molar-refractivity contribution in [3.8, 4) is 22.8 Å². The lowest BCUT2D eigenvalue weighted by molar-refractivity contribution is -0.274. The van der Waals surface area contributed by atoms with Crippen LogP contribution in [-0.2, 0) is 16.1 Å². The lowest BCUT2D eigenvalue weighted by atomic mass is 10.1. The first-order chi connectivity index (χ1) is 21.8. The molecule has 0 aliphatic carbocycles. The number of halogens is 7. The quantitative estimate of drug-likeness (QED) is 0.208. The highest BCUT2D eigenvalue weighted by atomic mass is 32.2. The van der Waals surface area contributed by atoms with E-state index in [1.54, 1.807) is 12.1 Å². The smallest absolute Gasteiger partial charge is 0.406 e. The van der Waals surface area contributed by atoms with Gasteiger partial charge in [0, 0.05) is 11.1 Å². The number of hydrogen-bond acceptors (Lipinski definition) is 7. The Labute approximate surface area is 258 Å². The van der Waals surface area contributed by atoms with E-state index in [9.17, 15) is 40.3 Å². The second-order valence-corrected chi connectivity index (χ2v) is 10.3. The predicted octanol–water partition coefficient (Wildman–Crippen LogP) is 6.72. The van der Waals surface area contributed by atoms with E-state index in [0.717, 1.165) is 34.9 Å². The van der Waals surface area contributed by atoms with Crippen molar-refractivity contribution in [2.24, 2.45) is 4.99 Å². The number of hydrogen-bond donors (Lipinski definition) is 1. The Morgan fingerprint density at radius 3 is 2.46 bits per heavy atom. The van der Waals surface area contributed by atoms with Crippen molar-refractivity contribution in [3.05, 3.63) is 84.4 Å². The van der Waals surface area contributed by atoms with Gasteiger partial charge in [0.1, 0.15) is 24.5 Å².